The minimum Gasteiger partial charge on any atom is -0.478 e. The highest BCUT2D eigenvalue weighted by atomic mass is 16.5. The highest BCUT2D eigenvalue weighted by Gasteiger charge is 2.40. The van der Waals surface area contributed by atoms with Gasteiger partial charge in [0.25, 0.3) is 0 Å². The van der Waals surface area contributed by atoms with Crippen molar-refractivity contribution in [2.75, 3.05) is 13.2 Å². The molecular weight excluding hydrogens is 216 g/mol. The molecule has 0 aromatic carbocycles. The third-order valence-electron chi connectivity index (χ3n) is 2.95. The molecule has 0 N–H and O–H groups in total. The maximum atomic E-state index is 5.74. The van der Waals surface area contributed by atoms with Gasteiger partial charge in [-0.2, -0.15) is 0 Å². The maximum Gasteiger partial charge on any atom is 0.199 e. The fraction of sp³-hybridized carbons (Fsp3) is 0.846. The second kappa shape index (κ2) is 5.52. The molecule has 0 fully saturated rings. The van der Waals surface area contributed by atoms with Crippen molar-refractivity contribution in [2.45, 2.75) is 53.7 Å². The number of nitrogens with zero attached hydrogens (tertiary/aromatic N) is 2. The normalized spacial score (nSPS) is 27.4. The third kappa shape index (κ3) is 2.79. The average Bonchev–Trinajstić information content (AvgIpc) is 2.93. The van der Waals surface area contributed by atoms with E-state index in [1.54, 1.807) is 0 Å². The number of ether oxygens (including phenoxy) is 2. The van der Waals surface area contributed by atoms with Crippen molar-refractivity contribution >= 4 is 11.8 Å². The predicted molar refractivity (Wildman–Crippen MR) is 70.8 cm³/mol. The Morgan fingerprint density at radius 1 is 1.18 bits per heavy atom. The van der Waals surface area contributed by atoms with E-state index in [0.29, 0.717) is 6.61 Å². The van der Waals surface area contributed by atoms with Gasteiger partial charge in [0, 0.05) is 0 Å². The molecule has 98 valence electrons. The molecule has 4 nitrogen and oxygen atoms in total. The van der Waals surface area contributed by atoms with Crippen LogP contribution in [0.5, 0.6) is 0 Å². The van der Waals surface area contributed by atoms with Gasteiger partial charge in [0.05, 0.1) is 12.6 Å². The van der Waals surface area contributed by atoms with E-state index in [1.807, 2.05) is 34.6 Å². The molecule has 2 aliphatic heterocycles. The molecule has 0 radical (unpaired) electrons. The van der Waals surface area contributed by atoms with Crippen LogP contribution in [0, 0.1) is 5.41 Å². The first-order valence-corrected chi connectivity index (χ1v) is 6.44. The minimum atomic E-state index is -0.324. The van der Waals surface area contributed by atoms with Crippen molar-refractivity contribution in [3.63, 3.8) is 0 Å². The molecule has 0 unspecified atom stereocenters. The third-order valence-corrected chi connectivity index (χ3v) is 2.95. The van der Waals surface area contributed by atoms with E-state index < -0.39 is 0 Å². The highest BCUT2D eigenvalue weighted by molar-refractivity contribution is 6.05. The van der Waals surface area contributed by atoms with E-state index in [4.69, 9.17) is 9.47 Å². The fourth-order valence-electron chi connectivity index (χ4n) is 1.71. The summed E-state index contributed by atoms with van der Waals surface area (Å²) in [7, 11) is 0. The molecule has 0 aliphatic carbocycles. The molecule has 0 aromatic heterocycles. The Morgan fingerprint density at radius 3 is 2.24 bits per heavy atom. The highest BCUT2D eigenvalue weighted by Crippen LogP contribution is 2.29. The zero-order chi connectivity index (χ0) is 13.1. The van der Waals surface area contributed by atoms with Crippen LogP contribution in [0.1, 0.15) is 41.5 Å². The summed E-state index contributed by atoms with van der Waals surface area (Å²) in [5.74, 6) is 1.51. The van der Waals surface area contributed by atoms with Crippen LogP contribution in [0.25, 0.3) is 0 Å². The summed E-state index contributed by atoms with van der Waals surface area (Å²) < 4.78 is 11.2. The molecule has 0 aromatic rings. The summed E-state index contributed by atoms with van der Waals surface area (Å²) in [5, 5.41) is 0. The molecule has 4 heteroatoms. The Balaban J connectivity index is 0.000000686. The summed E-state index contributed by atoms with van der Waals surface area (Å²) in [4.78, 5) is 8.85. The van der Waals surface area contributed by atoms with E-state index in [-0.39, 0.29) is 17.6 Å². The second-order valence-corrected chi connectivity index (χ2v) is 4.66. The van der Waals surface area contributed by atoms with Crippen LogP contribution in [0.3, 0.4) is 0 Å². The summed E-state index contributed by atoms with van der Waals surface area (Å²) in [6.45, 7) is 13.6. The number of hydrogen-bond acceptors (Lipinski definition) is 4. The van der Waals surface area contributed by atoms with Crippen molar-refractivity contribution in [3.05, 3.63) is 0 Å². The quantitative estimate of drug-likeness (QED) is 0.744. The monoisotopic (exact) mass is 240 g/mol. The molecular formula is C13H24N2O2. The van der Waals surface area contributed by atoms with Gasteiger partial charge in [0.2, 0.25) is 0 Å². The van der Waals surface area contributed by atoms with Gasteiger partial charge in [-0.15, -0.1) is 0 Å². The van der Waals surface area contributed by atoms with Gasteiger partial charge in [-0.05, 0) is 27.7 Å². The predicted octanol–water partition coefficient (Wildman–Crippen LogP) is 2.67. The van der Waals surface area contributed by atoms with Crippen LogP contribution in [0.15, 0.2) is 9.98 Å². The van der Waals surface area contributed by atoms with Gasteiger partial charge >= 0.3 is 0 Å². The Bertz CT molecular complexity index is 321. The topological polar surface area (TPSA) is 43.2 Å². The first-order chi connectivity index (χ1) is 8.01. The summed E-state index contributed by atoms with van der Waals surface area (Å²) in [6, 6.07) is 0.223. The smallest absolute Gasteiger partial charge is 0.199 e. The largest absolute Gasteiger partial charge is 0.478 e. The molecule has 0 bridgehead atoms. The van der Waals surface area contributed by atoms with Gasteiger partial charge in [0.15, 0.2) is 11.8 Å². The lowest BCUT2D eigenvalue weighted by molar-refractivity contribution is 0.197. The van der Waals surface area contributed by atoms with Crippen molar-refractivity contribution in [2.24, 2.45) is 15.4 Å². The van der Waals surface area contributed by atoms with Crippen LogP contribution in [-0.2, 0) is 9.47 Å². The van der Waals surface area contributed by atoms with Gasteiger partial charge in [-0.25, -0.2) is 4.99 Å². The SMILES string of the molecule is CC.C[C@@H]1N=C(C(C)(C)C2=NCCO2)O[C@@H]1C. The molecule has 2 heterocycles. The zero-order valence-corrected chi connectivity index (χ0v) is 11.8. The van der Waals surface area contributed by atoms with Gasteiger partial charge in [-0.3, -0.25) is 4.99 Å². The zero-order valence-electron chi connectivity index (χ0n) is 11.8. The second-order valence-electron chi connectivity index (χ2n) is 4.66. The Labute approximate surface area is 104 Å². The maximum absolute atomic E-state index is 5.74. The number of aliphatic imine (C=N–C) groups is 2. The molecule has 2 aliphatic rings. The van der Waals surface area contributed by atoms with Gasteiger partial charge < -0.3 is 9.47 Å². The van der Waals surface area contributed by atoms with E-state index >= 15 is 0 Å². The van der Waals surface area contributed by atoms with Crippen molar-refractivity contribution in [1.82, 2.24) is 0 Å². The van der Waals surface area contributed by atoms with Crippen LogP contribution in [-0.4, -0.2) is 37.1 Å². The lowest BCUT2D eigenvalue weighted by atomic mass is 9.93. The Kier molecular flexibility index (Phi) is 4.54. The van der Waals surface area contributed by atoms with Crippen molar-refractivity contribution in [3.8, 4) is 0 Å². The van der Waals surface area contributed by atoms with Gasteiger partial charge in [0.1, 0.15) is 18.1 Å². The molecule has 0 saturated heterocycles. The molecule has 0 amide bonds. The lowest BCUT2D eigenvalue weighted by Gasteiger charge is -2.23. The van der Waals surface area contributed by atoms with E-state index in [2.05, 4.69) is 16.9 Å². The molecule has 0 spiro atoms. The summed E-state index contributed by atoms with van der Waals surface area (Å²) in [5.41, 5.74) is -0.324. The number of rotatable bonds is 2. The van der Waals surface area contributed by atoms with Crippen LogP contribution in [0.2, 0.25) is 0 Å². The molecule has 2 atom stereocenters. The van der Waals surface area contributed by atoms with Crippen molar-refractivity contribution < 1.29 is 9.47 Å². The van der Waals surface area contributed by atoms with Gasteiger partial charge in [-0.1, -0.05) is 13.8 Å². The summed E-state index contributed by atoms with van der Waals surface area (Å²) >= 11 is 0. The van der Waals surface area contributed by atoms with Crippen LogP contribution in [0.4, 0.5) is 0 Å². The lowest BCUT2D eigenvalue weighted by Crippen LogP contribution is -2.34. The molecule has 17 heavy (non-hydrogen) atoms. The Morgan fingerprint density at radius 2 is 1.82 bits per heavy atom. The van der Waals surface area contributed by atoms with E-state index in [1.165, 1.54) is 0 Å². The summed E-state index contributed by atoms with van der Waals surface area (Å²) in [6.07, 6.45) is 0.154. The molecule has 0 saturated carbocycles. The van der Waals surface area contributed by atoms with Crippen LogP contribution < -0.4 is 0 Å². The first-order valence-electron chi connectivity index (χ1n) is 6.44. The minimum absolute atomic E-state index is 0.154. The molecule has 2 rings (SSSR count). The Hall–Kier alpha value is -1.06. The number of hydrogen-bond donors (Lipinski definition) is 0. The van der Waals surface area contributed by atoms with Crippen LogP contribution >= 0.6 is 0 Å². The van der Waals surface area contributed by atoms with Crippen molar-refractivity contribution in [1.29, 1.82) is 0 Å². The fourth-order valence-corrected chi connectivity index (χ4v) is 1.71. The first kappa shape index (κ1) is 14.0. The van der Waals surface area contributed by atoms with E-state index in [9.17, 15) is 0 Å². The average molecular weight is 240 g/mol. The van der Waals surface area contributed by atoms with E-state index in [0.717, 1.165) is 18.3 Å². The standard InChI is InChI=1S/C11H18N2O2.C2H6/c1-7-8(2)15-10(13-7)11(3,4)9-12-5-6-14-9;1-2/h7-8H,5-6H2,1-4H3;1-2H3/t7-,8+;/m0./s1.